The van der Waals surface area contributed by atoms with Crippen molar-refractivity contribution in [2.75, 3.05) is 41.7 Å². The molecule has 3 aromatic carbocycles. The number of fused-ring (bicyclic) bond motifs is 1. The van der Waals surface area contributed by atoms with E-state index in [1.54, 1.807) is 12.3 Å². The maximum atomic E-state index is 15.3. The number of aromatic nitrogens is 2. The van der Waals surface area contributed by atoms with Crippen LogP contribution < -0.4 is 20.9 Å². The Morgan fingerprint density at radius 3 is 2.50 bits per heavy atom. The molecule has 0 bridgehead atoms. The number of urea groups is 1. The summed E-state index contributed by atoms with van der Waals surface area (Å²) in [4.78, 5) is 36.8. The molecule has 1 aliphatic heterocycles. The van der Waals surface area contributed by atoms with E-state index in [1.807, 2.05) is 0 Å². The first-order valence-electron chi connectivity index (χ1n) is 12.1. The lowest BCUT2D eigenvalue weighted by Crippen LogP contribution is -2.43. The van der Waals surface area contributed by atoms with Gasteiger partial charge in [0.05, 0.1) is 39.1 Å². The molecular formula is C27H21ClF4N6O2. The predicted octanol–water partition coefficient (Wildman–Crippen LogP) is 5.73. The van der Waals surface area contributed by atoms with Crippen LogP contribution >= 0.6 is 11.6 Å². The minimum Gasteiger partial charge on any atom is -0.353 e. The lowest BCUT2D eigenvalue weighted by molar-refractivity contribution is -0.137. The van der Waals surface area contributed by atoms with Crippen molar-refractivity contribution in [3.8, 4) is 0 Å². The van der Waals surface area contributed by atoms with Gasteiger partial charge in [0.25, 0.3) is 0 Å². The van der Waals surface area contributed by atoms with E-state index >= 15 is 4.39 Å². The number of carbonyl (C=O) groups excluding carboxylic acids is 2. The molecule has 4 aromatic rings. The van der Waals surface area contributed by atoms with E-state index in [9.17, 15) is 22.8 Å². The van der Waals surface area contributed by atoms with E-state index in [2.05, 4.69) is 30.8 Å². The Hall–Kier alpha value is -4.29. The van der Waals surface area contributed by atoms with Gasteiger partial charge in [0.2, 0.25) is 0 Å². The number of anilines is 3. The second-order valence-corrected chi connectivity index (χ2v) is 9.34. The van der Waals surface area contributed by atoms with Crippen LogP contribution in [-0.4, -0.2) is 48.0 Å². The number of nitrogens with zero attached hydrogens (tertiary/aromatic N) is 3. The van der Waals surface area contributed by atoms with Gasteiger partial charge in [-0.05, 0) is 48.5 Å². The van der Waals surface area contributed by atoms with Gasteiger partial charge in [-0.25, -0.2) is 14.2 Å². The summed E-state index contributed by atoms with van der Waals surface area (Å²) >= 11 is 5.60. The van der Waals surface area contributed by atoms with E-state index < -0.39 is 34.4 Å². The Kier molecular flexibility index (Phi) is 7.55. The molecule has 8 nitrogen and oxygen atoms in total. The number of carbonyl (C=O) groups is 2. The standard InChI is InChI=1S/C27H21ClF4N6O2/c28-19-6-5-16(13-18(19)27(30,31)32)35-26(40)37-21-3-1-2-17(24(21)29)25(39)15-4-7-20-22(12-15)36-23(14-34-20)38-10-8-33-9-11-38/h1-7,12-14,33H,8-11H2,(H2,35,37,40). The molecule has 5 rings (SSSR count). The molecule has 2 amide bonds. The smallest absolute Gasteiger partial charge is 0.353 e. The maximum absolute atomic E-state index is 15.3. The zero-order chi connectivity index (χ0) is 28.4. The van der Waals surface area contributed by atoms with Gasteiger partial charge in [-0.15, -0.1) is 0 Å². The Balaban J connectivity index is 1.35. The molecule has 0 atom stereocenters. The second-order valence-electron chi connectivity index (χ2n) is 8.94. The first kappa shape index (κ1) is 27.3. The molecule has 206 valence electrons. The number of rotatable bonds is 5. The number of ketones is 1. The van der Waals surface area contributed by atoms with Crippen LogP contribution in [0.2, 0.25) is 5.02 Å². The monoisotopic (exact) mass is 572 g/mol. The van der Waals surface area contributed by atoms with Crippen molar-refractivity contribution < 1.29 is 27.2 Å². The highest BCUT2D eigenvalue weighted by Gasteiger charge is 2.33. The highest BCUT2D eigenvalue weighted by Crippen LogP contribution is 2.36. The number of benzene rings is 3. The number of amides is 2. The zero-order valence-electron chi connectivity index (χ0n) is 20.6. The Morgan fingerprint density at radius 2 is 1.75 bits per heavy atom. The molecule has 1 fully saturated rings. The van der Waals surface area contributed by atoms with Crippen molar-refractivity contribution in [3.05, 3.63) is 88.3 Å². The van der Waals surface area contributed by atoms with Crippen LogP contribution in [0.1, 0.15) is 21.5 Å². The molecule has 1 aromatic heterocycles. The summed E-state index contributed by atoms with van der Waals surface area (Å²) in [7, 11) is 0. The van der Waals surface area contributed by atoms with Crippen LogP contribution in [0.4, 0.5) is 39.5 Å². The predicted molar refractivity (Wildman–Crippen MR) is 144 cm³/mol. The zero-order valence-corrected chi connectivity index (χ0v) is 21.4. The summed E-state index contributed by atoms with van der Waals surface area (Å²) in [6.45, 7) is 3.15. The van der Waals surface area contributed by atoms with Crippen molar-refractivity contribution in [3.63, 3.8) is 0 Å². The van der Waals surface area contributed by atoms with Gasteiger partial charge >= 0.3 is 12.2 Å². The van der Waals surface area contributed by atoms with Crippen molar-refractivity contribution in [2.45, 2.75) is 6.18 Å². The van der Waals surface area contributed by atoms with Crippen LogP contribution in [0.3, 0.4) is 0 Å². The molecule has 0 spiro atoms. The van der Waals surface area contributed by atoms with Gasteiger partial charge in [0.15, 0.2) is 11.6 Å². The summed E-state index contributed by atoms with van der Waals surface area (Å²) in [6.07, 6.45) is -3.06. The molecule has 1 saturated heterocycles. The van der Waals surface area contributed by atoms with Crippen molar-refractivity contribution in [1.29, 1.82) is 0 Å². The quantitative estimate of drug-likeness (QED) is 0.209. The van der Waals surface area contributed by atoms with Crippen LogP contribution in [-0.2, 0) is 6.18 Å². The van der Waals surface area contributed by atoms with Crippen molar-refractivity contribution in [1.82, 2.24) is 15.3 Å². The summed E-state index contributed by atoms with van der Waals surface area (Å²) in [5.74, 6) is -0.981. The average molecular weight is 573 g/mol. The highest BCUT2D eigenvalue weighted by atomic mass is 35.5. The van der Waals surface area contributed by atoms with E-state index in [0.717, 1.165) is 32.2 Å². The third-order valence-electron chi connectivity index (χ3n) is 6.25. The van der Waals surface area contributed by atoms with E-state index in [0.29, 0.717) is 22.9 Å². The topological polar surface area (TPSA) is 99.2 Å². The number of hydrogen-bond acceptors (Lipinski definition) is 6. The number of alkyl halides is 3. The van der Waals surface area contributed by atoms with E-state index in [-0.39, 0.29) is 22.5 Å². The molecule has 0 radical (unpaired) electrons. The summed E-state index contributed by atoms with van der Waals surface area (Å²) < 4.78 is 54.7. The SMILES string of the molecule is O=C(Nc1ccc(Cl)c(C(F)(F)F)c1)Nc1cccc(C(=O)c2ccc3ncc(N4CCNCC4)nc3c2)c1F. The third-order valence-corrected chi connectivity index (χ3v) is 6.58. The maximum Gasteiger partial charge on any atom is 0.417 e. The molecule has 0 unspecified atom stereocenters. The van der Waals surface area contributed by atoms with Gasteiger partial charge in [-0.3, -0.25) is 9.78 Å². The Labute approximate surface area is 230 Å². The number of nitrogens with one attached hydrogen (secondary N) is 3. The molecule has 0 aliphatic carbocycles. The minimum absolute atomic E-state index is 0.167. The normalized spacial score (nSPS) is 13.8. The molecule has 1 aliphatic rings. The van der Waals surface area contributed by atoms with Gasteiger partial charge in [0.1, 0.15) is 5.82 Å². The van der Waals surface area contributed by atoms with E-state index in [4.69, 9.17) is 11.6 Å². The lowest BCUT2D eigenvalue weighted by Gasteiger charge is -2.28. The summed E-state index contributed by atoms with van der Waals surface area (Å²) in [5.41, 5.74) is -0.786. The summed E-state index contributed by atoms with van der Waals surface area (Å²) in [6, 6.07) is 10.3. The Bertz CT molecular complexity index is 1610. The average Bonchev–Trinajstić information content (AvgIpc) is 2.94. The Morgan fingerprint density at radius 1 is 0.975 bits per heavy atom. The number of piperazine rings is 1. The van der Waals surface area contributed by atoms with Crippen LogP contribution in [0.25, 0.3) is 11.0 Å². The van der Waals surface area contributed by atoms with Gasteiger partial charge in [-0.2, -0.15) is 13.2 Å². The first-order valence-corrected chi connectivity index (χ1v) is 12.5. The number of halogens is 5. The molecule has 13 heteroatoms. The van der Waals surface area contributed by atoms with Gasteiger partial charge in [-0.1, -0.05) is 17.7 Å². The van der Waals surface area contributed by atoms with E-state index in [1.165, 1.54) is 36.4 Å². The fourth-order valence-electron chi connectivity index (χ4n) is 4.25. The van der Waals surface area contributed by atoms with Crippen LogP contribution in [0.15, 0.2) is 60.8 Å². The fourth-order valence-corrected chi connectivity index (χ4v) is 4.48. The molecule has 2 heterocycles. The van der Waals surface area contributed by atoms with Crippen LogP contribution in [0.5, 0.6) is 0 Å². The molecular weight excluding hydrogens is 552 g/mol. The third kappa shape index (κ3) is 5.82. The van der Waals surface area contributed by atoms with Gasteiger partial charge in [0, 0.05) is 37.4 Å². The largest absolute Gasteiger partial charge is 0.417 e. The summed E-state index contributed by atoms with van der Waals surface area (Å²) in [5, 5.41) is 7.16. The second kappa shape index (κ2) is 11.1. The highest BCUT2D eigenvalue weighted by molar-refractivity contribution is 6.31. The van der Waals surface area contributed by atoms with Gasteiger partial charge < -0.3 is 20.9 Å². The van der Waals surface area contributed by atoms with Crippen molar-refractivity contribution >= 4 is 51.6 Å². The molecule has 3 N–H and O–H groups in total. The molecule has 40 heavy (non-hydrogen) atoms. The molecule has 0 saturated carbocycles. The fraction of sp³-hybridized carbons (Fsp3) is 0.185. The number of hydrogen-bond donors (Lipinski definition) is 3. The lowest BCUT2D eigenvalue weighted by atomic mass is 10.0. The minimum atomic E-state index is -4.73. The first-order chi connectivity index (χ1) is 19.1. The van der Waals surface area contributed by atoms with Crippen LogP contribution in [0, 0.1) is 5.82 Å². The van der Waals surface area contributed by atoms with Crippen molar-refractivity contribution in [2.24, 2.45) is 0 Å².